The summed E-state index contributed by atoms with van der Waals surface area (Å²) in [7, 11) is 0. The van der Waals surface area contributed by atoms with Crippen molar-refractivity contribution in [2.24, 2.45) is 0 Å². The zero-order valence-electron chi connectivity index (χ0n) is 11.8. The summed E-state index contributed by atoms with van der Waals surface area (Å²) in [5, 5.41) is 7.35. The molecule has 1 heterocycles. The Hall–Kier alpha value is -1.87. The van der Waals surface area contributed by atoms with Gasteiger partial charge in [0, 0.05) is 38.2 Å². The van der Waals surface area contributed by atoms with Crippen LogP contribution < -0.4 is 5.32 Å². The smallest absolute Gasteiger partial charge is 0.0612 e. The van der Waals surface area contributed by atoms with Crippen molar-refractivity contribution in [1.82, 2.24) is 4.98 Å². The maximum absolute atomic E-state index is 6.12. The van der Waals surface area contributed by atoms with Gasteiger partial charge < -0.3 is 10.3 Å². The fourth-order valence-electron chi connectivity index (χ4n) is 2.69. The summed E-state index contributed by atoms with van der Waals surface area (Å²) in [5.74, 6) is 0. The molecule has 23 heavy (non-hydrogen) atoms. The first-order valence-electron chi connectivity index (χ1n) is 7.03. The summed E-state index contributed by atoms with van der Waals surface area (Å²) in [5.41, 5.74) is 3.99. The quantitative estimate of drug-likeness (QED) is 0.394. The van der Waals surface area contributed by atoms with Gasteiger partial charge in [-0.2, -0.15) is 0 Å². The van der Waals surface area contributed by atoms with E-state index >= 15 is 0 Å². The molecule has 0 unspecified atom stereocenters. The number of halogens is 3. The number of anilines is 2. The van der Waals surface area contributed by atoms with Gasteiger partial charge in [0.25, 0.3) is 0 Å². The Labute approximate surface area is 148 Å². The number of fused-ring (bicyclic) bond motifs is 3. The third kappa shape index (κ3) is 2.74. The lowest BCUT2D eigenvalue weighted by atomic mass is 10.1. The fourth-order valence-corrected chi connectivity index (χ4v) is 3.16. The van der Waals surface area contributed by atoms with Gasteiger partial charge in [0.05, 0.1) is 10.0 Å². The van der Waals surface area contributed by atoms with Crippen molar-refractivity contribution in [3.8, 4) is 0 Å². The number of rotatable bonds is 2. The lowest BCUT2D eigenvalue weighted by Gasteiger charge is -2.08. The molecule has 0 fully saturated rings. The van der Waals surface area contributed by atoms with Gasteiger partial charge in [0.15, 0.2) is 0 Å². The third-order valence-electron chi connectivity index (χ3n) is 3.77. The number of aromatic nitrogens is 1. The summed E-state index contributed by atoms with van der Waals surface area (Å²) < 4.78 is 0. The van der Waals surface area contributed by atoms with Crippen LogP contribution in [0.3, 0.4) is 0 Å². The molecule has 0 amide bonds. The van der Waals surface area contributed by atoms with Crippen molar-refractivity contribution in [3.63, 3.8) is 0 Å². The molecule has 4 aromatic rings. The molecule has 2 N–H and O–H groups in total. The molecule has 0 saturated carbocycles. The molecule has 1 aromatic heterocycles. The summed E-state index contributed by atoms with van der Waals surface area (Å²) >= 11 is 18.1. The lowest BCUT2D eigenvalue weighted by Crippen LogP contribution is -1.89. The van der Waals surface area contributed by atoms with Crippen molar-refractivity contribution in [1.29, 1.82) is 0 Å². The minimum Gasteiger partial charge on any atom is -0.355 e. The minimum atomic E-state index is 0.525. The second-order valence-corrected chi connectivity index (χ2v) is 6.58. The highest BCUT2D eigenvalue weighted by Crippen LogP contribution is 2.32. The van der Waals surface area contributed by atoms with Crippen LogP contribution in [0.25, 0.3) is 21.8 Å². The van der Waals surface area contributed by atoms with E-state index < -0.39 is 0 Å². The molecular formula is C18H11Cl3N2. The topological polar surface area (TPSA) is 27.8 Å². The summed E-state index contributed by atoms with van der Waals surface area (Å²) in [6.45, 7) is 0. The Morgan fingerprint density at radius 1 is 0.652 bits per heavy atom. The number of aromatic amines is 1. The van der Waals surface area contributed by atoms with E-state index in [1.54, 1.807) is 12.1 Å². The van der Waals surface area contributed by atoms with E-state index in [0.717, 1.165) is 38.2 Å². The predicted octanol–water partition coefficient (Wildman–Crippen LogP) is 7.02. The van der Waals surface area contributed by atoms with Crippen LogP contribution in [0.5, 0.6) is 0 Å². The molecule has 4 rings (SSSR count). The maximum Gasteiger partial charge on any atom is 0.0612 e. The van der Waals surface area contributed by atoms with Gasteiger partial charge in [-0.3, -0.25) is 0 Å². The first-order chi connectivity index (χ1) is 11.1. The van der Waals surface area contributed by atoms with E-state index in [9.17, 15) is 0 Å². The highest BCUT2D eigenvalue weighted by molar-refractivity contribution is 6.42. The molecule has 0 aliphatic rings. The monoisotopic (exact) mass is 360 g/mol. The highest BCUT2D eigenvalue weighted by atomic mass is 35.5. The number of benzene rings is 3. The second kappa shape index (κ2) is 5.64. The van der Waals surface area contributed by atoms with Crippen molar-refractivity contribution in [3.05, 3.63) is 69.7 Å². The predicted molar refractivity (Wildman–Crippen MR) is 101 cm³/mol. The third-order valence-corrected chi connectivity index (χ3v) is 4.74. The average molecular weight is 362 g/mol. The van der Waals surface area contributed by atoms with Gasteiger partial charge in [0.2, 0.25) is 0 Å². The average Bonchev–Trinajstić information content (AvgIpc) is 2.88. The molecule has 0 spiro atoms. The molecule has 0 atom stereocenters. The van der Waals surface area contributed by atoms with E-state index in [0.29, 0.717) is 10.0 Å². The van der Waals surface area contributed by atoms with Crippen molar-refractivity contribution in [2.45, 2.75) is 0 Å². The van der Waals surface area contributed by atoms with E-state index in [-0.39, 0.29) is 0 Å². The van der Waals surface area contributed by atoms with Crippen LogP contribution in [-0.2, 0) is 0 Å². The van der Waals surface area contributed by atoms with Crippen molar-refractivity contribution in [2.75, 3.05) is 5.32 Å². The Kier molecular flexibility index (Phi) is 3.61. The van der Waals surface area contributed by atoms with Crippen LogP contribution in [0.15, 0.2) is 54.6 Å². The molecule has 0 saturated heterocycles. The van der Waals surface area contributed by atoms with Gasteiger partial charge >= 0.3 is 0 Å². The van der Waals surface area contributed by atoms with Crippen LogP contribution >= 0.6 is 34.8 Å². The first kappa shape index (κ1) is 14.7. The molecule has 3 aromatic carbocycles. The largest absolute Gasteiger partial charge is 0.355 e. The van der Waals surface area contributed by atoms with Crippen LogP contribution in [0, 0.1) is 0 Å². The molecule has 5 heteroatoms. The number of nitrogens with one attached hydrogen (secondary N) is 2. The fraction of sp³-hybridized carbons (Fsp3) is 0. The molecular weight excluding hydrogens is 351 g/mol. The van der Waals surface area contributed by atoms with Gasteiger partial charge in [-0.15, -0.1) is 0 Å². The Bertz CT molecular complexity index is 1040. The van der Waals surface area contributed by atoms with Gasteiger partial charge in [-0.1, -0.05) is 34.8 Å². The standard InChI is InChI=1S/C18H11Cl3N2/c19-10-1-5-17-13(7-10)14-8-11(3-6-18(14)23-17)22-12-2-4-15(20)16(21)9-12/h1-9,22-23H. The molecule has 2 nitrogen and oxygen atoms in total. The summed E-state index contributed by atoms with van der Waals surface area (Å²) in [6.07, 6.45) is 0. The van der Waals surface area contributed by atoms with Crippen LogP contribution in [0.1, 0.15) is 0 Å². The van der Waals surface area contributed by atoms with E-state index in [4.69, 9.17) is 34.8 Å². The highest BCUT2D eigenvalue weighted by Gasteiger charge is 2.06. The van der Waals surface area contributed by atoms with Crippen molar-refractivity contribution < 1.29 is 0 Å². The molecule has 0 aliphatic heterocycles. The van der Waals surface area contributed by atoms with Crippen LogP contribution in [0.2, 0.25) is 15.1 Å². The van der Waals surface area contributed by atoms with E-state index in [2.05, 4.69) is 16.4 Å². The summed E-state index contributed by atoms with van der Waals surface area (Å²) in [6, 6.07) is 17.5. The zero-order chi connectivity index (χ0) is 16.0. The summed E-state index contributed by atoms with van der Waals surface area (Å²) in [4.78, 5) is 3.39. The number of hydrogen-bond acceptors (Lipinski definition) is 1. The number of H-pyrrole nitrogens is 1. The van der Waals surface area contributed by atoms with E-state index in [1.165, 1.54) is 0 Å². The Morgan fingerprint density at radius 2 is 1.30 bits per heavy atom. The molecule has 0 bridgehead atoms. The van der Waals surface area contributed by atoms with Gasteiger partial charge in [-0.05, 0) is 54.6 Å². The number of hydrogen-bond donors (Lipinski definition) is 2. The normalized spacial score (nSPS) is 11.3. The van der Waals surface area contributed by atoms with E-state index in [1.807, 2.05) is 36.4 Å². The maximum atomic E-state index is 6.12. The Balaban J connectivity index is 1.79. The SMILES string of the molecule is Clc1ccc2[nH]c3ccc(Nc4ccc(Cl)c(Cl)c4)cc3c2c1. The molecule has 0 aliphatic carbocycles. The van der Waals surface area contributed by atoms with Crippen LogP contribution in [0.4, 0.5) is 11.4 Å². The first-order valence-corrected chi connectivity index (χ1v) is 8.16. The lowest BCUT2D eigenvalue weighted by molar-refractivity contribution is 1.53. The van der Waals surface area contributed by atoms with Gasteiger partial charge in [-0.25, -0.2) is 0 Å². The zero-order valence-corrected chi connectivity index (χ0v) is 14.1. The van der Waals surface area contributed by atoms with Crippen LogP contribution in [-0.4, -0.2) is 4.98 Å². The van der Waals surface area contributed by atoms with Crippen molar-refractivity contribution >= 4 is 68.0 Å². The molecule has 0 radical (unpaired) electrons. The van der Waals surface area contributed by atoms with Gasteiger partial charge in [0.1, 0.15) is 0 Å². The second-order valence-electron chi connectivity index (χ2n) is 5.33. The Morgan fingerprint density at radius 3 is 2.09 bits per heavy atom. The minimum absolute atomic E-state index is 0.525. The molecule has 114 valence electrons.